The molecule has 0 radical (unpaired) electrons. The van der Waals surface area contributed by atoms with Crippen LogP contribution in [0.15, 0.2) is 66.0 Å². The minimum atomic E-state index is 0.248. The summed E-state index contributed by atoms with van der Waals surface area (Å²) in [7, 11) is 2.11. The summed E-state index contributed by atoms with van der Waals surface area (Å²) in [5.74, 6) is 0.910. The van der Waals surface area contributed by atoms with Gasteiger partial charge in [0.15, 0.2) is 6.79 Å². The van der Waals surface area contributed by atoms with Crippen LogP contribution in [0.5, 0.6) is 5.75 Å². The molecule has 0 N–H and O–H groups in total. The highest BCUT2D eigenvalue weighted by Crippen LogP contribution is 2.25. The Balaban J connectivity index is 1.92. The number of rotatable bonds is 7. The van der Waals surface area contributed by atoms with Crippen molar-refractivity contribution in [1.29, 1.82) is 0 Å². The number of aromatic nitrogens is 1. The highest BCUT2D eigenvalue weighted by atomic mass is 31.1. The number of benzene rings is 2. The Labute approximate surface area is 156 Å². The van der Waals surface area contributed by atoms with Crippen molar-refractivity contribution in [2.45, 2.75) is 13.8 Å². The van der Waals surface area contributed by atoms with Crippen molar-refractivity contribution in [3.63, 3.8) is 0 Å². The van der Waals surface area contributed by atoms with Crippen molar-refractivity contribution in [1.82, 2.24) is 4.68 Å². The highest BCUT2D eigenvalue weighted by Gasteiger charge is 2.11. The van der Waals surface area contributed by atoms with Gasteiger partial charge >= 0.3 is 0 Å². The molecule has 3 rings (SSSR count). The van der Waals surface area contributed by atoms with Crippen LogP contribution in [0.4, 0.5) is 0 Å². The summed E-state index contributed by atoms with van der Waals surface area (Å²) in [4.78, 5) is 0. The molecule has 0 spiro atoms. The first-order chi connectivity index (χ1) is 12.7. The van der Waals surface area contributed by atoms with Gasteiger partial charge in [-0.15, -0.1) is 0 Å². The lowest BCUT2D eigenvalue weighted by Gasteiger charge is -2.16. The van der Waals surface area contributed by atoms with Gasteiger partial charge in [0.25, 0.3) is 0 Å². The lowest BCUT2D eigenvalue weighted by Crippen LogP contribution is -2.14. The first-order valence-corrected chi connectivity index (χ1v) is 9.44. The van der Waals surface area contributed by atoms with Crippen LogP contribution in [0.3, 0.4) is 0 Å². The zero-order valence-electron chi connectivity index (χ0n) is 15.3. The van der Waals surface area contributed by atoms with Gasteiger partial charge in [0.1, 0.15) is 5.75 Å². The summed E-state index contributed by atoms with van der Waals surface area (Å²) in [5, 5.41) is 6.90. The van der Waals surface area contributed by atoms with E-state index in [-0.39, 0.29) is 6.79 Å². The van der Waals surface area contributed by atoms with Crippen molar-refractivity contribution in [3.8, 4) is 5.75 Å². The third kappa shape index (κ3) is 4.60. The Hall–Kier alpha value is -2.42. The Kier molecular flexibility index (Phi) is 6.21. The molecular formula is C21H23N2O2P. The van der Waals surface area contributed by atoms with Crippen LogP contribution in [0.1, 0.15) is 16.7 Å². The average Bonchev–Trinajstić information content (AvgIpc) is 3.14. The zero-order valence-corrected chi connectivity index (χ0v) is 16.3. The van der Waals surface area contributed by atoms with E-state index in [1.165, 1.54) is 16.2 Å². The van der Waals surface area contributed by atoms with Crippen LogP contribution in [0.2, 0.25) is 0 Å². The van der Waals surface area contributed by atoms with E-state index in [2.05, 4.69) is 49.3 Å². The van der Waals surface area contributed by atoms with Crippen molar-refractivity contribution < 1.29 is 9.47 Å². The number of ether oxygens (including phenoxy) is 2. The predicted octanol–water partition coefficient (Wildman–Crippen LogP) is 3.60. The second kappa shape index (κ2) is 8.79. The molecule has 134 valence electrons. The first kappa shape index (κ1) is 18.4. The van der Waals surface area contributed by atoms with Crippen LogP contribution >= 0.6 is 8.58 Å². The lowest BCUT2D eigenvalue weighted by molar-refractivity contribution is 0.0514. The maximum Gasteiger partial charge on any atom is 0.188 e. The van der Waals surface area contributed by atoms with E-state index in [0.717, 1.165) is 16.9 Å². The molecule has 0 amide bonds. The number of methoxy groups -OCH3 is 1. The molecule has 0 saturated carbocycles. The molecule has 1 atom stereocenters. The van der Waals surface area contributed by atoms with Crippen LogP contribution in [-0.4, -0.2) is 24.8 Å². The summed E-state index contributed by atoms with van der Waals surface area (Å²) >= 11 is 0. The van der Waals surface area contributed by atoms with Crippen molar-refractivity contribution in [2.75, 3.05) is 13.9 Å². The molecule has 26 heavy (non-hydrogen) atoms. The van der Waals surface area contributed by atoms with E-state index in [9.17, 15) is 0 Å². The van der Waals surface area contributed by atoms with E-state index in [4.69, 9.17) is 9.47 Å². The summed E-state index contributed by atoms with van der Waals surface area (Å²) < 4.78 is 12.7. The topological polar surface area (TPSA) is 35.8 Å². The number of hydrogen-bond donors (Lipinski definition) is 0. The Morgan fingerprint density at radius 1 is 1.04 bits per heavy atom. The summed E-state index contributed by atoms with van der Waals surface area (Å²) in [6, 6.07) is 16.6. The molecule has 0 aliphatic rings. The van der Waals surface area contributed by atoms with E-state index in [1.807, 2.05) is 36.8 Å². The molecule has 1 aromatic heterocycles. The van der Waals surface area contributed by atoms with Crippen LogP contribution in [-0.2, 0) is 4.74 Å². The Bertz CT molecular complexity index is 889. The smallest absolute Gasteiger partial charge is 0.188 e. The Morgan fingerprint density at radius 3 is 2.58 bits per heavy atom. The van der Waals surface area contributed by atoms with Crippen molar-refractivity contribution in [3.05, 3.63) is 77.6 Å². The molecule has 4 nitrogen and oxygen atoms in total. The van der Waals surface area contributed by atoms with Crippen LogP contribution in [0, 0.1) is 13.8 Å². The maximum absolute atomic E-state index is 5.85. The fourth-order valence-corrected chi connectivity index (χ4v) is 4.20. The molecule has 0 fully saturated rings. The van der Waals surface area contributed by atoms with E-state index in [0.29, 0.717) is 8.58 Å². The van der Waals surface area contributed by atoms with E-state index < -0.39 is 0 Å². The van der Waals surface area contributed by atoms with Gasteiger partial charge in [0, 0.05) is 30.4 Å². The molecule has 3 aromatic rings. The van der Waals surface area contributed by atoms with Crippen molar-refractivity contribution >= 4 is 25.4 Å². The van der Waals surface area contributed by atoms with Gasteiger partial charge in [0.05, 0.1) is 6.21 Å². The fourth-order valence-electron chi connectivity index (χ4n) is 2.76. The zero-order chi connectivity index (χ0) is 18.4. The number of hydrogen-bond acceptors (Lipinski definition) is 3. The summed E-state index contributed by atoms with van der Waals surface area (Å²) in [6.07, 6.45) is 5.74. The molecule has 1 unspecified atom stereocenters. The molecule has 0 aliphatic heterocycles. The second-order valence-electron chi connectivity index (χ2n) is 6.03. The van der Waals surface area contributed by atoms with Gasteiger partial charge in [-0.25, -0.2) is 4.68 Å². The minimum absolute atomic E-state index is 0.248. The van der Waals surface area contributed by atoms with Crippen LogP contribution < -0.4 is 15.3 Å². The monoisotopic (exact) mass is 366 g/mol. The normalized spacial score (nSPS) is 11.7. The average molecular weight is 366 g/mol. The van der Waals surface area contributed by atoms with Gasteiger partial charge in [-0.1, -0.05) is 38.9 Å². The van der Waals surface area contributed by atoms with Crippen molar-refractivity contribution in [2.24, 2.45) is 5.10 Å². The van der Waals surface area contributed by atoms with Gasteiger partial charge in [-0.3, -0.25) is 0 Å². The molecule has 0 bridgehead atoms. The van der Waals surface area contributed by atoms with Gasteiger partial charge in [0.2, 0.25) is 0 Å². The second-order valence-corrected chi connectivity index (χ2v) is 7.36. The quantitative estimate of drug-likeness (QED) is 0.364. The predicted molar refractivity (Wildman–Crippen MR) is 110 cm³/mol. The van der Waals surface area contributed by atoms with E-state index in [1.54, 1.807) is 11.8 Å². The molecule has 0 aliphatic carbocycles. The third-order valence-electron chi connectivity index (χ3n) is 3.89. The van der Waals surface area contributed by atoms with E-state index >= 15 is 0 Å². The summed E-state index contributed by atoms with van der Waals surface area (Å²) in [5.41, 5.74) is 3.47. The minimum Gasteiger partial charge on any atom is -0.467 e. The van der Waals surface area contributed by atoms with Gasteiger partial charge < -0.3 is 9.47 Å². The first-order valence-electron chi connectivity index (χ1n) is 8.44. The Morgan fingerprint density at radius 2 is 1.81 bits per heavy atom. The lowest BCUT2D eigenvalue weighted by atomic mass is 10.1. The standard InChI is InChI=1S/C21H23N2O2P/c1-16-12-17(2)21(25-15-24-3)20(13-16)26-19-9-5-4-8-18(19)14-22-23-10-6-7-11-23/h4-14,26H,15H2,1-3H3/b22-14+. The van der Waals surface area contributed by atoms with Gasteiger partial charge in [-0.05, 0) is 48.5 Å². The SMILES string of the molecule is COCOc1c(C)cc(C)cc1Pc1ccccc1/C=N/n1cccc1. The maximum atomic E-state index is 5.85. The molecule has 2 aromatic carbocycles. The number of aryl methyl sites for hydroxylation is 2. The van der Waals surface area contributed by atoms with Crippen LogP contribution in [0.25, 0.3) is 0 Å². The molecular weight excluding hydrogens is 343 g/mol. The molecule has 5 heteroatoms. The molecule has 1 heterocycles. The fraction of sp³-hybridized carbons (Fsp3) is 0.190. The number of nitrogens with zero attached hydrogens (tertiary/aromatic N) is 2. The van der Waals surface area contributed by atoms with Gasteiger partial charge in [-0.2, -0.15) is 5.10 Å². The summed E-state index contributed by atoms with van der Waals surface area (Å²) in [6.45, 7) is 4.43. The molecule has 0 saturated heterocycles. The highest BCUT2D eigenvalue weighted by molar-refractivity contribution is 7.56. The third-order valence-corrected chi connectivity index (χ3v) is 5.25. The largest absolute Gasteiger partial charge is 0.467 e.